The van der Waals surface area contributed by atoms with Gasteiger partial charge >= 0.3 is 0 Å². The average molecular weight is 153 g/mol. The molecule has 1 aliphatic heterocycles. The lowest BCUT2D eigenvalue weighted by Crippen LogP contribution is -2.19. The van der Waals surface area contributed by atoms with Gasteiger partial charge in [0, 0.05) is 6.54 Å². The van der Waals surface area contributed by atoms with E-state index in [4.69, 9.17) is 0 Å². The fourth-order valence-electron chi connectivity index (χ4n) is 1.51. The van der Waals surface area contributed by atoms with E-state index < -0.39 is 0 Å². The average Bonchev–Trinajstić information content (AvgIpc) is 2.48. The maximum atomic E-state index is 10.0. The Kier molecular flexibility index (Phi) is 3.30. The van der Waals surface area contributed by atoms with E-state index in [2.05, 4.69) is 11.8 Å². The summed E-state index contributed by atoms with van der Waals surface area (Å²) >= 11 is 0. The molecule has 1 unspecified atom stereocenters. The van der Waals surface area contributed by atoms with Crippen LogP contribution in [0, 0.1) is 5.92 Å². The van der Waals surface area contributed by atoms with Gasteiger partial charge in [-0.15, -0.1) is 0 Å². The summed E-state index contributed by atoms with van der Waals surface area (Å²) < 4.78 is 0. The summed E-state index contributed by atoms with van der Waals surface area (Å²) in [6.07, 6.45) is 5.69. The molecule has 0 N–H and O–H groups in total. The second-order valence-electron chi connectivity index (χ2n) is 2.96. The fourth-order valence-corrected chi connectivity index (χ4v) is 1.51. The van der Waals surface area contributed by atoms with Crippen LogP contribution in [0.2, 0.25) is 0 Å². The third-order valence-corrected chi connectivity index (χ3v) is 2.22. The zero-order valence-corrected chi connectivity index (χ0v) is 6.99. The summed E-state index contributed by atoms with van der Waals surface area (Å²) in [5.41, 5.74) is 0. The van der Waals surface area contributed by atoms with Crippen molar-refractivity contribution in [2.75, 3.05) is 19.6 Å². The van der Waals surface area contributed by atoms with E-state index in [1.54, 1.807) is 6.08 Å². The Labute approximate surface area is 67.9 Å². The van der Waals surface area contributed by atoms with Crippen LogP contribution in [-0.4, -0.2) is 30.8 Å². The Bertz CT molecular complexity index is 154. The number of allylic oxidation sites excluding steroid dienone is 1. The normalized spacial score (nSPS) is 26.5. The van der Waals surface area contributed by atoms with Gasteiger partial charge in [-0.1, -0.05) is 13.0 Å². The molecule has 1 heterocycles. The molecule has 0 saturated carbocycles. The maximum Gasteiger partial charge on any atom is 0.142 e. The van der Waals surface area contributed by atoms with E-state index in [-0.39, 0.29) is 0 Å². The molecule has 2 nitrogen and oxygen atoms in total. The molecule has 0 radical (unpaired) electrons. The second kappa shape index (κ2) is 4.29. The van der Waals surface area contributed by atoms with Gasteiger partial charge in [-0.25, -0.2) is 0 Å². The number of carbonyl (C=O) groups excluding carboxylic acids is 1. The zero-order valence-electron chi connectivity index (χ0n) is 6.99. The molecule has 62 valence electrons. The molecule has 1 rings (SSSR count). The first kappa shape index (κ1) is 8.47. The van der Waals surface area contributed by atoms with Crippen LogP contribution in [0.5, 0.6) is 0 Å². The van der Waals surface area contributed by atoms with E-state index >= 15 is 0 Å². The minimum atomic E-state index is 0.611. The van der Waals surface area contributed by atoms with Crippen molar-refractivity contribution < 1.29 is 4.79 Å². The second-order valence-corrected chi connectivity index (χ2v) is 2.96. The molecule has 0 aromatic rings. The minimum absolute atomic E-state index is 0.611. The highest BCUT2D eigenvalue weighted by molar-refractivity contribution is 5.64. The Morgan fingerprint density at radius 1 is 1.64 bits per heavy atom. The third kappa shape index (κ3) is 2.46. The summed E-state index contributed by atoms with van der Waals surface area (Å²) in [5, 5.41) is 0. The van der Waals surface area contributed by atoms with E-state index in [0.717, 1.165) is 19.4 Å². The van der Waals surface area contributed by atoms with Crippen molar-refractivity contribution in [3.63, 3.8) is 0 Å². The van der Waals surface area contributed by atoms with Crippen LogP contribution in [0.25, 0.3) is 0 Å². The predicted octanol–water partition coefficient (Wildman–Crippen LogP) is 1.08. The van der Waals surface area contributed by atoms with Crippen LogP contribution in [0.3, 0.4) is 0 Å². The van der Waals surface area contributed by atoms with Gasteiger partial charge in [0.1, 0.15) is 6.29 Å². The summed E-state index contributed by atoms with van der Waals surface area (Å²) in [6.45, 7) is 5.61. The fraction of sp³-hybridized carbons (Fsp3) is 0.667. The van der Waals surface area contributed by atoms with Crippen molar-refractivity contribution in [1.82, 2.24) is 4.90 Å². The van der Waals surface area contributed by atoms with E-state index in [0.29, 0.717) is 5.92 Å². The summed E-state index contributed by atoms with van der Waals surface area (Å²) in [6, 6.07) is 0. The Hall–Kier alpha value is -0.630. The monoisotopic (exact) mass is 153 g/mol. The van der Waals surface area contributed by atoms with E-state index in [9.17, 15) is 4.79 Å². The minimum Gasteiger partial charge on any atom is -0.303 e. The van der Waals surface area contributed by atoms with Gasteiger partial charge in [0.2, 0.25) is 0 Å². The number of nitrogens with zero attached hydrogens (tertiary/aromatic N) is 1. The van der Waals surface area contributed by atoms with Crippen molar-refractivity contribution >= 4 is 6.29 Å². The SMILES string of the molecule is CCN1CCC(/C=C\C=O)C1. The number of hydrogen-bond donors (Lipinski definition) is 0. The van der Waals surface area contributed by atoms with E-state index in [1.165, 1.54) is 13.0 Å². The van der Waals surface area contributed by atoms with Crippen LogP contribution >= 0.6 is 0 Å². The quantitative estimate of drug-likeness (QED) is 0.447. The highest BCUT2D eigenvalue weighted by atomic mass is 16.1. The zero-order chi connectivity index (χ0) is 8.10. The van der Waals surface area contributed by atoms with Crippen LogP contribution in [-0.2, 0) is 4.79 Å². The molecule has 0 aromatic carbocycles. The van der Waals surface area contributed by atoms with Crippen molar-refractivity contribution in [3.8, 4) is 0 Å². The van der Waals surface area contributed by atoms with Gasteiger partial charge in [-0.05, 0) is 31.5 Å². The topological polar surface area (TPSA) is 20.3 Å². The predicted molar refractivity (Wildman–Crippen MR) is 45.4 cm³/mol. The molecule has 2 heteroatoms. The van der Waals surface area contributed by atoms with Crippen LogP contribution in [0.1, 0.15) is 13.3 Å². The standard InChI is InChI=1S/C9H15NO/c1-2-10-6-5-9(8-10)4-3-7-11/h3-4,7,9H,2,5-6,8H2,1H3/b4-3-. The molecule has 1 saturated heterocycles. The highest BCUT2D eigenvalue weighted by Gasteiger charge is 2.17. The molecular weight excluding hydrogens is 138 g/mol. The molecule has 1 aliphatic rings. The number of carbonyl (C=O) groups is 1. The molecule has 0 aliphatic carbocycles. The van der Waals surface area contributed by atoms with Crippen LogP contribution in [0.4, 0.5) is 0 Å². The summed E-state index contributed by atoms with van der Waals surface area (Å²) in [7, 11) is 0. The van der Waals surface area contributed by atoms with Gasteiger partial charge in [0.05, 0.1) is 0 Å². The molecule has 0 bridgehead atoms. The van der Waals surface area contributed by atoms with Crippen molar-refractivity contribution in [1.29, 1.82) is 0 Å². The lowest BCUT2D eigenvalue weighted by Gasteiger charge is -2.10. The Morgan fingerprint density at radius 2 is 2.45 bits per heavy atom. The molecule has 0 amide bonds. The number of rotatable bonds is 3. The Morgan fingerprint density at radius 3 is 3.00 bits per heavy atom. The molecule has 11 heavy (non-hydrogen) atoms. The number of hydrogen-bond acceptors (Lipinski definition) is 2. The van der Waals surface area contributed by atoms with Gasteiger partial charge in [-0.3, -0.25) is 4.79 Å². The first-order chi connectivity index (χ1) is 5.36. The number of aldehydes is 1. The summed E-state index contributed by atoms with van der Waals surface area (Å²) in [4.78, 5) is 12.4. The Balaban J connectivity index is 2.29. The smallest absolute Gasteiger partial charge is 0.142 e. The largest absolute Gasteiger partial charge is 0.303 e. The first-order valence-corrected chi connectivity index (χ1v) is 4.21. The third-order valence-electron chi connectivity index (χ3n) is 2.22. The highest BCUT2D eigenvalue weighted by Crippen LogP contribution is 2.16. The summed E-state index contributed by atoms with van der Waals surface area (Å²) in [5.74, 6) is 0.611. The molecule has 0 spiro atoms. The first-order valence-electron chi connectivity index (χ1n) is 4.21. The van der Waals surface area contributed by atoms with Crippen LogP contribution < -0.4 is 0 Å². The van der Waals surface area contributed by atoms with Crippen LogP contribution in [0.15, 0.2) is 12.2 Å². The van der Waals surface area contributed by atoms with Crippen molar-refractivity contribution in [2.45, 2.75) is 13.3 Å². The van der Waals surface area contributed by atoms with Gasteiger partial charge < -0.3 is 4.90 Å². The molecular formula is C9H15NO. The molecule has 0 aromatic heterocycles. The number of likely N-dealkylation sites (tertiary alicyclic amines) is 1. The van der Waals surface area contributed by atoms with Crippen molar-refractivity contribution in [3.05, 3.63) is 12.2 Å². The van der Waals surface area contributed by atoms with Gasteiger partial charge in [0.25, 0.3) is 0 Å². The maximum absolute atomic E-state index is 10.0. The van der Waals surface area contributed by atoms with Gasteiger partial charge in [-0.2, -0.15) is 0 Å². The molecule has 1 fully saturated rings. The van der Waals surface area contributed by atoms with Gasteiger partial charge in [0.15, 0.2) is 0 Å². The lowest BCUT2D eigenvalue weighted by molar-refractivity contribution is -0.104. The van der Waals surface area contributed by atoms with Crippen molar-refractivity contribution in [2.24, 2.45) is 5.92 Å². The lowest BCUT2D eigenvalue weighted by atomic mass is 10.1. The van der Waals surface area contributed by atoms with E-state index in [1.807, 2.05) is 6.08 Å². The molecule has 1 atom stereocenters.